The lowest BCUT2D eigenvalue weighted by molar-refractivity contribution is -0.122. The number of carbonyl (C=O) groups is 2. The molecule has 6 nitrogen and oxygen atoms in total. The largest absolute Gasteiger partial charge is 0.493 e. The Morgan fingerprint density at radius 1 is 1.14 bits per heavy atom. The molecule has 2 amide bonds. The molecule has 0 saturated carbocycles. The summed E-state index contributed by atoms with van der Waals surface area (Å²) in [6.07, 6.45) is 1.36. The highest BCUT2D eigenvalue weighted by Crippen LogP contribution is 2.36. The number of benzene rings is 2. The molecule has 1 aliphatic rings. The standard InChI is InChI=1S/C19H14ClFN2O4S/c1-26-15-9-10(8-14(20)16(15)27-2)7-13-17(24)22-19(28)23(18(13)25)12-5-3-11(21)4-6-12/h3-9H,1-2H3,(H,22,24,28)/b13-7-. The number of nitrogens with zero attached hydrogens (tertiary/aromatic N) is 1. The van der Waals surface area contributed by atoms with Gasteiger partial charge in [-0.05, 0) is 60.3 Å². The van der Waals surface area contributed by atoms with E-state index in [1.54, 1.807) is 6.07 Å². The molecule has 144 valence electrons. The van der Waals surface area contributed by atoms with Gasteiger partial charge in [-0.15, -0.1) is 0 Å². The number of hydrogen-bond acceptors (Lipinski definition) is 5. The van der Waals surface area contributed by atoms with Crippen LogP contribution in [0.4, 0.5) is 10.1 Å². The number of rotatable bonds is 4. The second-order valence-electron chi connectivity index (χ2n) is 5.67. The summed E-state index contributed by atoms with van der Waals surface area (Å²) in [5, 5.41) is 2.62. The minimum Gasteiger partial charge on any atom is -0.493 e. The van der Waals surface area contributed by atoms with Crippen LogP contribution in [-0.4, -0.2) is 31.1 Å². The van der Waals surface area contributed by atoms with Crippen LogP contribution >= 0.6 is 23.8 Å². The molecule has 1 aliphatic heterocycles. The quantitative estimate of drug-likeness (QED) is 0.467. The number of thiocarbonyl (C=S) groups is 1. The van der Waals surface area contributed by atoms with Gasteiger partial charge in [-0.25, -0.2) is 4.39 Å². The molecule has 1 saturated heterocycles. The zero-order valence-electron chi connectivity index (χ0n) is 14.8. The Hall–Kier alpha value is -2.97. The minimum absolute atomic E-state index is 0.0934. The molecular formula is C19H14ClFN2O4S. The van der Waals surface area contributed by atoms with Gasteiger partial charge >= 0.3 is 0 Å². The summed E-state index contributed by atoms with van der Waals surface area (Å²) in [5.41, 5.74) is 0.613. The first kappa shape index (κ1) is 19.8. The van der Waals surface area contributed by atoms with Gasteiger partial charge in [-0.2, -0.15) is 0 Å². The fourth-order valence-corrected chi connectivity index (χ4v) is 3.25. The van der Waals surface area contributed by atoms with Gasteiger partial charge < -0.3 is 9.47 Å². The third kappa shape index (κ3) is 3.69. The predicted molar refractivity (Wildman–Crippen MR) is 107 cm³/mol. The van der Waals surface area contributed by atoms with Crippen LogP contribution in [0.1, 0.15) is 5.56 Å². The van der Waals surface area contributed by atoms with Crippen LogP contribution in [0.3, 0.4) is 0 Å². The third-order valence-electron chi connectivity index (χ3n) is 3.95. The van der Waals surface area contributed by atoms with E-state index in [0.717, 1.165) is 4.90 Å². The Morgan fingerprint density at radius 2 is 1.82 bits per heavy atom. The Balaban J connectivity index is 2.04. The second-order valence-corrected chi connectivity index (χ2v) is 6.47. The zero-order valence-corrected chi connectivity index (χ0v) is 16.4. The van der Waals surface area contributed by atoms with Crippen molar-refractivity contribution in [3.8, 4) is 11.5 Å². The second kappa shape index (κ2) is 7.95. The van der Waals surface area contributed by atoms with E-state index in [2.05, 4.69) is 5.32 Å². The Kier molecular flexibility index (Phi) is 5.62. The molecule has 28 heavy (non-hydrogen) atoms. The molecule has 0 atom stereocenters. The molecule has 1 heterocycles. The summed E-state index contributed by atoms with van der Waals surface area (Å²) in [6, 6.07) is 8.28. The molecule has 0 bridgehead atoms. The van der Waals surface area contributed by atoms with Crippen molar-refractivity contribution in [3.63, 3.8) is 0 Å². The molecule has 0 aliphatic carbocycles. The lowest BCUT2D eigenvalue weighted by Gasteiger charge is -2.28. The van der Waals surface area contributed by atoms with E-state index >= 15 is 0 Å². The molecule has 2 aromatic carbocycles. The van der Waals surface area contributed by atoms with Crippen molar-refractivity contribution in [2.75, 3.05) is 19.1 Å². The van der Waals surface area contributed by atoms with Crippen molar-refractivity contribution >= 4 is 52.5 Å². The van der Waals surface area contributed by atoms with Gasteiger partial charge in [-0.3, -0.25) is 19.8 Å². The highest BCUT2D eigenvalue weighted by atomic mass is 35.5. The number of methoxy groups -OCH3 is 2. The number of ether oxygens (including phenoxy) is 2. The summed E-state index contributed by atoms with van der Waals surface area (Å²) in [4.78, 5) is 26.4. The van der Waals surface area contributed by atoms with E-state index in [9.17, 15) is 14.0 Å². The van der Waals surface area contributed by atoms with Crippen molar-refractivity contribution in [2.24, 2.45) is 0 Å². The van der Waals surface area contributed by atoms with Crippen LogP contribution in [0.5, 0.6) is 11.5 Å². The normalized spacial score (nSPS) is 15.6. The lowest BCUT2D eigenvalue weighted by Crippen LogP contribution is -2.54. The number of anilines is 1. The van der Waals surface area contributed by atoms with Crippen LogP contribution < -0.4 is 19.7 Å². The topological polar surface area (TPSA) is 67.9 Å². The van der Waals surface area contributed by atoms with E-state index in [1.807, 2.05) is 0 Å². The fourth-order valence-electron chi connectivity index (χ4n) is 2.67. The zero-order chi connectivity index (χ0) is 20.4. The van der Waals surface area contributed by atoms with Crippen molar-refractivity contribution in [1.82, 2.24) is 5.32 Å². The van der Waals surface area contributed by atoms with Crippen LogP contribution in [0.15, 0.2) is 42.0 Å². The SMILES string of the molecule is COc1cc(/C=C2/C(=O)NC(=S)N(c3ccc(F)cc3)C2=O)cc(Cl)c1OC. The van der Waals surface area contributed by atoms with E-state index < -0.39 is 17.6 Å². The number of nitrogens with one attached hydrogen (secondary N) is 1. The molecular weight excluding hydrogens is 407 g/mol. The van der Waals surface area contributed by atoms with Crippen molar-refractivity contribution < 1.29 is 23.5 Å². The first-order chi connectivity index (χ1) is 13.3. The summed E-state index contributed by atoms with van der Waals surface area (Å²) in [5.74, 6) is -1.08. The molecule has 1 N–H and O–H groups in total. The van der Waals surface area contributed by atoms with Gasteiger partial charge in [0, 0.05) is 0 Å². The van der Waals surface area contributed by atoms with E-state index in [4.69, 9.17) is 33.3 Å². The summed E-state index contributed by atoms with van der Waals surface area (Å²) in [6.45, 7) is 0. The highest BCUT2D eigenvalue weighted by Gasteiger charge is 2.34. The third-order valence-corrected chi connectivity index (χ3v) is 4.52. The molecule has 3 rings (SSSR count). The minimum atomic E-state index is -0.653. The number of carbonyl (C=O) groups excluding carboxylic acids is 2. The summed E-state index contributed by atoms with van der Waals surface area (Å²) < 4.78 is 23.6. The van der Waals surface area contributed by atoms with Crippen molar-refractivity contribution in [1.29, 1.82) is 0 Å². The van der Waals surface area contributed by atoms with Gasteiger partial charge in [0.2, 0.25) is 0 Å². The highest BCUT2D eigenvalue weighted by molar-refractivity contribution is 7.80. The Labute approximate surface area is 170 Å². The van der Waals surface area contributed by atoms with Gasteiger partial charge in [0.1, 0.15) is 11.4 Å². The van der Waals surface area contributed by atoms with Crippen LogP contribution in [-0.2, 0) is 9.59 Å². The summed E-state index contributed by atoms with van der Waals surface area (Å²) >= 11 is 11.3. The predicted octanol–water partition coefficient (Wildman–Crippen LogP) is 3.33. The smallest absolute Gasteiger partial charge is 0.270 e. The van der Waals surface area contributed by atoms with E-state index in [1.165, 1.54) is 50.6 Å². The monoisotopic (exact) mass is 420 g/mol. The Bertz CT molecular complexity index is 1010. The maximum Gasteiger partial charge on any atom is 0.270 e. The molecule has 1 fully saturated rings. The first-order valence-electron chi connectivity index (χ1n) is 7.94. The molecule has 0 spiro atoms. The fraction of sp³-hybridized carbons (Fsp3) is 0.105. The van der Waals surface area contributed by atoms with Crippen LogP contribution in [0.25, 0.3) is 6.08 Å². The Morgan fingerprint density at radius 3 is 2.43 bits per heavy atom. The number of halogens is 2. The van der Waals surface area contributed by atoms with Crippen molar-refractivity contribution in [3.05, 3.63) is 58.4 Å². The maximum atomic E-state index is 13.2. The average molecular weight is 421 g/mol. The maximum absolute atomic E-state index is 13.2. The number of amides is 2. The van der Waals surface area contributed by atoms with Crippen LogP contribution in [0, 0.1) is 5.82 Å². The molecule has 9 heteroatoms. The average Bonchev–Trinajstić information content (AvgIpc) is 2.66. The van der Waals surface area contributed by atoms with Gasteiger partial charge in [0.15, 0.2) is 16.6 Å². The summed E-state index contributed by atoms with van der Waals surface area (Å²) in [7, 11) is 2.89. The van der Waals surface area contributed by atoms with Gasteiger partial charge in [0.05, 0.1) is 24.9 Å². The van der Waals surface area contributed by atoms with Gasteiger partial charge in [-0.1, -0.05) is 11.6 Å². The molecule has 2 aromatic rings. The lowest BCUT2D eigenvalue weighted by atomic mass is 10.1. The molecule has 0 unspecified atom stereocenters. The van der Waals surface area contributed by atoms with E-state index in [0.29, 0.717) is 22.7 Å². The number of hydrogen-bond donors (Lipinski definition) is 1. The van der Waals surface area contributed by atoms with Crippen molar-refractivity contribution in [2.45, 2.75) is 0 Å². The van der Waals surface area contributed by atoms with E-state index in [-0.39, 0.29) is 15.7 Å². The van der Waals surface area contributed by atoms with Crippen LogP contribution in [0.2, 0.25) is 5.02 Å². The first-order valence-corrected chi connectivity index (χ1v) is 8.73. The van der Waals surface area contributed by atoms with Gasteiger partial charge in [0.25, 0.3) is 11.8 Å². The molecule has 0 radical (unpaired) electrons. The molecule has 0 aromatic heterocycles.